The first-order chi connectivity index (χ1) is 7.88. The predicted octanol–water partition coefficient (Wildman–Crippen LogP) is 1.90. The van der Waals surface area contributed by atoms with Crippen LogP contribution < -0.4 is 5.32 Å². The summed E-state index contributed by atoms with van der Waals surface area (Å²) in [6, 6.07) is 5.36. The molecule has 1 unspecified atom stereocenters. The molecule has 1 atom stereocenters. The Morgan fingerprint density at radius 2 is 2.18 bits per heavy atom. The molecule has 4 heteroatoms. The number of carbonyl (C=O) groups is 1. The molecule has 4 nitrogen and oxygen atoms in total. The molecule has 0 saturated heterocycles. The van der Waals surface area contributed by atoms with Crippen molar-refractivity contribution in [3.05, 3.63) is 30.1 Å². The maximum Gasteiger partial charge on any atom is 0.323 e. The van der Waals surface area contributed by atoms with Gasteiger partial charge in [0.05, 0.1) is 5.69 Å². The maximum atomic E-state index is 11.7. The van der Waals surface area contributed by atoms with Crippen molar-refractivity contribution in [2.45, 2.75) is 45.9 Å². The van der Waals surface area contributed by atoms with E-state index >= 15 is 0 Å². The summed E-state index contributed by atoms with van der Waals surface area (Å²) in [5.41, 5.74) is 0.459. The molecule has 1 heterocycles. The summed E-state index contributed by atoms with van der Waals surface area (Å²) in [6.45, 7) is 7.92. The highest BCUT2D eigenvalue weighted by molar-refractivity contribution is 5.75. The van der Waals surface area contributed by atoms with Crippen molar-refractivity contribution >= 4 is 5.97 Å². The van der Waals surface area contributed by atoms with Crippen LogP contribution in [0.1, 0.15) is 33.4 Å². The number of esters is 1. The minimum absolute atomic E-state index is 0.242. The first-order valence-electron chi connectivity index (χ1n) is 5.74. The molecule has 0 saturated carbocycles. The fraction of sp³-hybridized carbons (Fsp3) is 0.538. The molecule has 1 aromatic rings. The third-order valence-electron chi connectivity index (χ3n) is 2.08. The summed E-state index contributed by atoms with van der Waals surface area (Å²) < 4.78 is 5.27. The molecule has 0 bridgehead atoms. The third-order valence-corrected chi connectivity index (χ3v) is 2.08. The second kappa shape index (κ2) is 5.77. The summed E-state index contributed by atoms with van der Waals surface area (Å²) in [7, 11) is 0. The van der Waals surface area contributed by atoms with E-state index in [0.717, 1.165) is 5.69 Å². The van der Waals surface area contributed by atoms with Crippen LogP contribution in [0.5, 0.6) is 0 Å². The number of aromatic nitrogens is 1. The number of pyridine rings is 1. The highest BCUT2D eigenvalue weighted by Gasteiger charge is 2.21. The van der Waals surface area contributed by atoms with Gasteiger partial charge in [-0.05, 0) is 39.8 Å². The van der Waals surface area contributed by atoms with Crippen LogP contribution in [0.25, 0.3) is 0 Å². The van der Waals surface area contributed by atoms with Gasteiger partial charge in [0.25, 0.3) is 0 Å². The van der Waals surface area contributed by atoms with Crippen molar-refractivity contribution in [2.24, 2.45) is 0 Å². The van der Waals surface area contributed by atoms with Crippen molar-refractivity contribution in [3.63, 3.8) is 0 Å². The van der Waals surface area contributed by atoms with Gasteiger partial charge in [0, 0.05) is 12.7 Å². The van der Waals surface area contributed by atoms with Crippen molar-refractivity contribution in [1.29, 1.82) is 0 Å². The van der Waals surface area contributed by atoms with E-state index in [0.29, 0.717) is 6.54 Å². The number of nitrogens with zero attached hydrogens (tertiary/aromatic N) is 1. The zero-order valence-electron chi connectivity index (χ0n) is 10.9. The number of nitrogens with one attached hydrogen (secondary N) is 1. The molecular weight excluding hydrogens is 216 g/mol. The monoisotopic (exact) mass is 236 g/mol. The van der Waals surface area contributed by atoms with Gasteiger partial charge in [-0.25, -0.2) is 0 Å². The predicted molar refractivity (Wildman–Crippen MR) is 66.4 cm³/mol. The van der Waals surface area contributed by atoms with E-state index in [1.807, 2.05) is 39.0 Å². The minimum Gasteiger partial charge on any atom is -0.459 e. The van der Waals surface area contributed by atoms with Crippen LogP contribution >= 0.6 is 0 Å². The highest BCUT2D eigenvalue weighted by Crippen LogP contribution is 2.08. The molecule has 0 amide bonds. The average Bonchev–Trinajstić information content (AvgIpc) is 2.25. The first-order valence-corrected chi connectivity index (χ1v) is 5.74. The Bertz CT molecular complexity index is 357. The second-order valence-electron chi connectivity index (χ2n) is 4.96. The zero-order chi connectivity index (χ0) is 12.9. The molecule has 1 N–H and O–H groups in total. The number of hydrogen-bond acceptors (Lipinski definition) is 4. The SMILES string of the molecule is CC(NCc1ccccn1)C(=O)OC(C)(C)C. The largest absolute Gasteiger partial charge is 0.459 e. The van der Waals surface area contributed by atoms with Crippen LogP contribution in [0.15, 0.2) is 24.4 Å². The lowest BCUT2D eigenvalue weighted by atomic mass is 10.2. The summed E-state index contributed by atoms with van der Waals surface area (Å²) >= 11 is 0. The van der Waals surface area contributed by atoms with Crippen LogP contribution in [0.3, 0.4) is 0 Å². The van der Waals surface area contributed by atoms with Gasteiger partial charge in [-0.2, -0.15) is 0 Å². The Hall–Kier alpha value is -1.42. The quantitative estimate of drug-likeness (QED) is 0.811. The second-order valence-corrected chi connectivity index (χ2v) is 4.96. The molecule has 0 aliphatic heterocycles. The smallest absolute Gasteiger partial charge is 0.323 e. The number of carbonyl (C=O) groups excluding carboxylic acids is 1. The van der Waals surface area contributed by atoms with Crippen LogP contribution in [0.2, 0.25) is 0 Å². The van der Waals surface area contributed by atoms with Gasteiger partial charge < -0.3 is 4.74 Å². The van der Waals surface area contributed by atoms with E-state index in [-0.39, 0.29) is 12.0 Å². The molecule has 0 aliphatic rings. The fourth-order valence-electron chi connectivity index (χ4n) is 1.23. The summed E-state index contributed by atoms with van der Waals surface area (Å²) in [6.07, 6.45) is 1.73. The number of hydrogen-bond donors (Lipinski definition) is 1. The highest BCUT2D eigenvalue weighted by atomic mass is 16.6. The van der Waals surface area contributed by atoms with E-state index in [1.54, 1.807) is 13.1 Å². The van der Waals surface area contributed by atoms with Gasteiger partial charge in [0.2, 0.25) is 0 Å². The summed E-state index contributed by atoms with van der Waals surface area (Å²) in [5, 5.41) is 3.08. The molecule has 1 aromatic heterocycles. The molecule has 0 fully saturated rings. The van der Waals surface area contributed by atoms with Crippen molar-refractivity contribution in [2.75, 3.05) is 0 Å². The molecule has 17 heavy (non-hydrogen) atoms. The van der Waals surface area contributed by atoms with Gasteiger partial charge >= 0.3 is 5.97 Å². The van der Waals surface area contributed by atoms with E-state index in [2.05, 4.69) is 10.3 Å². The average molecular weight is 236 g/mol. The van der Waals surface area contributed by atoms with Gasteiger partial charge in [0.15, 0.2) is 0 Å². The Balaban J connectivity index is 2.40. The summed E-state index contributed by atoms with van der Waals surface area (Å²) in [5.74, 6) is -0.242. The van der Waals surface area contributed by atoms with Crippen LogP contribution in [-0.2, 0) is 16.1 Å². The normalized spacial score (nSPS) is 13.2. The van der Waals surface area contributed by atoms with E-state index < -0.39 is 5.60 Å². The topological polar surface area (TPSA) is 51.2 Å². The molecule has 0 radical (unpaired) electrons. The Kier molecular flexibility index (Phi) is 4.63. The lowest BCUT2D eigenvalue weighted by Gasteiger charge is -2.22. The Morgan fingerprint density at radius 3 is 2.71 bits per heavy atom. The lowest BCUT2D eigenvalue weighted by molar-refractivity contribution is -0.157. The standard InChI is InChI=1S/C13H20N2O2/c1-10(12(16)17-13(2,3)4)15-9-11-7-5-6-8-14-11/h5-8,10,15H,9H2,1-4H3. The van der Waals surface area contributed by atoms with Gasteiger partial charge in [0.1, 0.15) is 11.6 Å². The number of rotatable bonds is 4. The van der Waals surface area contributed by atoms with Crippen molar-refractivity contribution in [1.82, 2.24) is 10.3 Å². The van der Waals surface area contributed by atoms with Crippen LogP contribution in [-0.4, -0.2) is 22.6 Å². The molecule has 0 aliphatic carbocycles. The van der Waals surface area contributed by atoms with Gasteiger partial charge in [-0.3, -0.25) is 15.1 Å². The van der Waals surface area contributed by atoms with Crippen molar-refractivity contribution < 1.29 is 9.53 Å². The summed E-state index contributed by atoms with van der Waals surface area (Å²) in [4.78, 5) is 15.8. The van der Waals surface area contributed by atoms with E-state index in [9.17, 15) is 4.79 Å². The maximum absolute atomic E-state index is 11.7. The molecule has 1 rings (SSSR count). The molecule has 0 spiro atoms. The molecule has 0 aromatic carbocycles. The number of ether oxygens (including phenoxy) is 1. The third kappa shape index (κ3) is 5.45. The zero-order valence-corrected chi connectivity index (χ0v) is 10.9. The molecular formula is C13H20N2O2. The first kappa shape index (κ1) is 13.6. The molecule has 94 valence electrons. The fourth-order valence-corrected chi connectivity index (χ4v) is 1.23. The lowest BCUT2D eigenvalue weighted by Crippen LogP contribution is -2.38. The van der Waals surface area contributed by atoms with Crippen LogP contribution in [0, 0.1) is 0 Å². The minimum atomic E-state index is -0.446. The van der Waals surface area contributed by atoms with Gasteiger partial charge in [-0.15, -0.1) is 0 Å². The van der Waals surface area contributed by atoms with E-state index in [4.69, 9.17) is 4.74 Å². The van der Waals surface area contributed by atoms with Crippen LogP contribution in [0.4, 0.5) is 0 Å². The Morgan fingerprint density at radius 1 is 1.47 bits per heavy atom. The van der Waals surface area contributed by atoms with Gasteiger partial charge in [-0.1, -0.05) is 6.07 Å². The van der Waals surface area contributed by atoms with Crippen molar-refractivity contribution in [3.8, 4) is 0 Å². The van der Waals surface area contributed by atoms with E-state index in [1.165, 1.54) is 0 Å². The Labute approximate surface area is 102 Å².